The minimum atomic E-state index is -2.56. The van der Waals surface area contributed by atoms with Gasteiger partial charge in [0.2, 0.25) is 0 Å². The average molecular weight is 1280 g/mol. The maximum Gasteiger partial charge on any atom is 0.343 e. The summed E-state index contributed by atoms with van der Waals surface area (Å²) < 4.78 is 44.7. The summed E-state index contributed by atoms with van der Waals surface area (Å²) in [5.41, 5.74) is -7.77. The monoisotopic (exact) mass is 1280 g/mol. The molecule has 23 nitrogen and oxygen atoms in total. The van der Waals surface area contributed by atoms with Crippen LogP contribution in [0.15, 0.2) is 142 Å². The van der Waals surface area contributed by atoms with Crippen molar-refractivity contribution in [2.24, 2.45) is 21.7 Å². The fraction of sp³-hybridized carbons (Fsp3) is 0.394. The van der Waals surface area contributed by atoms with Crippen molar-refractivity contribution >= 4 is 64.6 Å². The number of nitrogens with one attached hydrogen (secondary N) is 1. The number of aliphatic imine (C=N–C) groups is 1. The zero-order valence-corrected chi connectivity index (χ0v) is 52.6. The van der Waals surface area contributed by atoms with Crippen LogP contribution < -0.4 is 10.9 Å². The van der Waals surface area contributed by atoms with E-state index in [1.807, 2.05) is 6.07 Å². The van der Waals surface area contributed by atoms with Gasteiger partial charge in [-0.05, 0) is 73.4 Å². The lowest BCUT2D eigenvalue weighted by atomic mass is 9.44. The number of hydrogen-bond donors (Lipinski definition) is 4. The second-order valence-corrected chi connectivity index (χ2v) is 25.6. The second-order valence-electron chi connectivity index (χ2n) is 25.6. The maximum absolute atomic E-state index is 16.6. The van der Waals surface area contributed by atoms with Crippen LogP contribution in [0.2, 0.25) is 0 Å². The average Bonchev–Trinajstić information content (AvgIpc) is 0.785. The molecule has 0 spiro atoms. The third-order valence-corrected chi connectivity index (χ3v) is 20.0. The molecule has 23 heteroatoms. The Morgan fingerprint density at radius 2 is 1.49 bits per heavy atom. The number of benzene rings is 4. The van der Waals surface area contributed by atoms with E-state index in [9.17, 15) is 53.7 Å². The third-order valence-electron chi connectivity index (χ3n) is 20.0. The first-order valence-corrected chi connectivity index (χ1v) is 31.1. The number of nitrogens with zero attached hydrogens (tertiary/aromatic N) is 3. The Bertz CT molecular complexity index is 4250. The van der Waals surface area contributed by atoms with Crippen molar-refractivity contribution in [3.05, 3.63) is 182 Å². The molecule has 2 saturated carbocycles. The van der Waals surface area contributed by atoms with E-state index in [1.54, 1.807) is 116 Å². The topological polar surface area (TPSA) is 321 Å². The summed E-state index contributed by atoms with van der Waals surface area (Å²) in [6, 6.07) is 31.4. The van der Waals surface area contributed by atoms with E-state index in [-0.39, 0.29) is 65.9 Å². The molecule has 4 aromatic carbocycles. The molecule has 0 radical (unpaired) electrons. The SMILES string of the molecule is CC[C@]1(O)C(=O)OCc2c1cc1n(c2=O)Cc2c-1nc1ccccc1c2C=NCCC(=O)O[C@H]1C[C@H]2OC[C@@]2(OC(C)=O)C2[C@H](OC(=O)c3ccccc3)[C@]3(O)C[C@H](OC(=O)[C@H](O)[C@@H](NC(=O)c4ccccc4)c4ccccc4)C(C)=C([C@@H](OC(C)=O)C(=O)[C@@]21C)C3(C)C. The first-order valence-electron chi connectivity index (χ1n) is 31.1. The van der Waals surface area contributed by atoms with Crippen LogP contribution in [0.25, 0.3) is 22.3 Å². The van der Waals surface area contributed by atoms with Crippen LogP contribution in [0.1, 0.15) is 129 Å². The summed E-state index contributed by atoms with van der Waals surface area (Å²) in [4.78, 5) is 139. The number of aromatic nitrogens is 2. The number of amides is 1. The summed E-state index contributed by atoms with van der Waals surface area (Å²) in [5.74, 6) is -9.20. The van der Waals surface area contributed by atoms with Gasteiger partial charge in [-0.25, -0.2) is 19.4 Å². The molecule has 1 unspecified atom stereocenters. The van der Waals surface area contributed by atoms with Gasteiger partial charge in [0.05, 0.1) is 65.0 Å². The minimum Gasteiger partial charge on any atom is -0.461 e. The number of cyclic esters (lactones) is 1. The van der Waals surface area contributed by atoms with Crippen LogP contribution in [0.4, 0.5) is 0 Å². The summed E-state index contributed by atoms with van der Waals surface area (Å²) >= 11 is 0. The van der Waals surface area contributed by atoms with Gasteiger partial charge in [0.25, 0.3) is 11.5 Å². The zero-order valence-electron chi connectivity index (χ0n) is 52.6. The van der Waals surface area contributed by atoms with Gasteiger partial charge in [-0.2, -0.15) is 0 Å². The molecule has 2 bridgehead atoms. The van der Waals surface area contributed by atoms with Gasteiger partial charge in [0.1, 0.15) is 36.6 Å². The number of pyridine rings is 2. The molecular weight excluding hydrogens is 1210 g/mol. The molecule has 12 rings (SSSR count). The summed E-state index contributed by atoms with van der Waals surface area (Å²) in [5, 5.41) is 41.3. The van der Waals surface area contributed by atoms with Gasteiger partial charge < -0.3 is 58.4 Å². The molecule has 2 aromatic heterocycles. The molecule has 488 valence electrons. The highest BCUT2D eigenvalue weighted by atomic mass is 16.6. The fourth-order valence-electron chi connectivity index (χ4n) is 15.1. The van der Waals surface area contributed by atoms with E-state index >= 15 is 4.79 Å². The molecule has 1 amide bonds. The Hall–Kier alpha value is -9.55. The van der Waals surface area contributed by atoms with E-state index in [0.29, 0.717) is 39.0 Å². The smallest absolute Gasteiger partial charge is 0.343 e. The van der Waals surface area contributed by atoms with Crippen molar-refractivity contribution in [1.29, 1.82) is 0 Å². The number of rotatable bonds is 16. The maximum atomic E-state index is 16.6. The highest BCUT2D eigenvalue weighted by Crippen LogP contribution is 2.65. The van der Waals surface area contributed by atoms with Crippen molar-refractivity contribution < 1.29 is 86.8 Å². The number of aliphatic hydroxyl groups is 3. The molecule has 3 fully saturated rings. The molecule has 12 atom stereocenters. The molecule has 3 aliphatic heterocycles. The van der Waals surface area contributed by atoms with Crippen LogP contribution in [-0.4, -0.2) is 140 Å². The van der Waals surface area contributed by atoms with Crippen LogP contribution in [0.3, 0.4) is 0 Å². The number of hydrogen-bond acceptors (Lipinski definition) is 21. The van der Waals surface area contributed by atoms with Gasteiger partial charge in [0.15, 0.2) is 29.2 Å². The van der Waals surface area contributed by atoms with E-state index in [1.165, 1.54) is 44.4 Å². The summed E-state index contributed by atoms with van der Waals surface area (Å²) in [6.45, 7) is 8.86. The van der Waals surface area contributed by atoms with Crippen molar-refractivity contribution in [3.63, 3.8) is 0 Å². The molecule has 94 heavy (non-hydrogen) atoms. The molecular formula is C71H70N4O19. The zero-order chi connectivity index (χ0) is 67.0. The van der Waals surface area contributed by atoms with E-state index < -0.39 is 149 Å². The number of carbonyl (C=O) groups is 8. The van der Waals surface area contributed by atoms with Crippen molar-refractivity contribution in [2.45, 2.75) is 147 Å². The molecule has 1 saturated heterocycles. The number of aliphatic hydroxyl groups excluding tert-OH is 1. The normalized spacial score (nSPS) is 27.6. The fourth-order valence-corrected chi connectivity index (χ4v) is 15.1. The molecule has 6 aliphatic rings. The largest absolute Gasteiger partial charge is 0.461 e. The molecule has 6 aromatic rings. The van der Waals surface area contributed by atoms with Gasteiger partial charge in [-0.3, -0.25) is 33.8 Å². The lowest BCUT2D eigenvalue weighted by molar-refractivity contribution is -0.346. The standard InChI is InChI=1S/C71H70N4O19/c1-8-69(86)47-30-49-56-45(34-75(49)63(82)46(47)35-88-66(69)85)44(43-26-18-19-27-48(43)73-56)33-72-29-28-53(78)92-51-31-52-70(36-89-52,94-39(4)77)59-61(93-64(83)42-24-16-11-17-25-42)71(87)32-50(37(2)54(67(71,5)6)58(90-38(3)76)60(80)68(51,59)7)91-65(84)57(79)55(40-20-12-9-13-21-40)74-62(81)41-22-14-10-15-23-41/h9-27,30,33,50-52,55,57-59,61,79,86-87H,8,28-29,31-32,34-36H2,1-7H3,(H,74,81)/t50-,51-,52+,55-,57+,58+,59?,61-,68+,69+,70-,71+/m0/s1. The van der Waals surface area contributed by atoms with E-state index in [4.69, 9.17) is 43.1 Å². The predicted molar refractivity (Wildman–Crippen MR) is 333 cm³/mol. The Morgan fingerprint density at radius 3 is 2.14 bits per heavy atom. The van der Waals surface area contributed by atoms with Crippen LogP contribution >= 0.6 is 0 Å². The summed E-state index contributed by atoms with van der Waals surface area (Å²) in [7, 11) is 0. The van der Waals surface area contributed by atoms with E-state index in [2.05, 4.69) is 5.32 Å². The summed E-state index contributed by atoms with van der Waals surface area (Å²) in [6.07, 6.45) is -10.4. The molecule has 5 heterocycles. The van der Waals surface area contributed by atoms with Crippen molar-refractivity contribution in [1.82, 2.24) is 14.9 Å². The molecule has 4 N–H and O–H groups in total. The van der Waals surface area contributed by atoms with E-state index in [0.717, 1.165) is 13.8 Å². The Kier molecular flexibility index (Phi) is 16.8. The second kappa shape index (κ2) is 24.4. The Labute approximate surface area is 539 Å². The lowest BCUT2D eigenvalue weighted by Gasteiger charge is -2.67. The number of ketones is 1. The number of ether oxygens (including phenoxy) is 7. The van der Waals surface area contributed by atoms with Crippen LogP contribution in [0.5, 0.6) is 0 Å². The predicted octanol–water partition coefficient (Wildman–Crippen LogP) is 6.19. The highest BCUT2D eigenvalue weighted by molar-refractivity contribution is 6.03. The van der Waals surface area contributed by atoms with Gasteiger partial charge in [-0.15, -0.1) is 0 Å². The lowest BCUT2D eigenvalue weighted by Crippen LogP contribution is -2.82. The number of para-hydroxylation sites is 1. The minimum absolute atomic E-state index is 0.00294. The van der Waals surface area contributed by atoms with Gasteiger partial charge in [0, 0.05) is 72.5 Å². The number of fused-ring (bicyclic) bond motifs is 10. The van der Waals surface area contributed by atoms with Gasteiger partial charge >= 0.3 is 35.8 Å². The first kappa shape index (κ1) is 64.6. The van der Waals surface area contributed by atoms with Gasteiger partial charge in [-0.1, -0.05) is 106 Å². The number of carbonyl (C=O) groups excluding carboxylic acids is 8. The highest BCUT2D eigenvalue weighted by Gasteiger charge is 2.79. The number of Topliss-reactive ketones (excluding diaryl/α,β-unsaturated/α-hetero) is 1. The Balaban J connectivity index is 0.917. The van der Waals surface area contributed by atoms with Crippen molar-refractivity contribution in [2.75, 3.05) is 13.2 Å². The third kappa shape index (κ3) is 10.6. The van der Waals surface area contributed by atoms with Crippen LogP contribution in [-0.2, 0) is 80.7 Å². The van der Waals surface area contributed by atoms with Crippen LogP contribution in [0, 0.1) is 16.7 Å². The number of esters is 6. The first-order chi connectivity index (χ1) is 44.8. The quantitative estimate of drug-likeness (QED) is 0.0363. The van der Waals surface area contributed by atoms with Crippen molar-refractivity contribution in [3.8, 4) is 11.4 Å². The Morgan fingerprint density at radius 1 is 0.830 bits per heavy atom. The molecule has 3 aliphatic carbocycles.